The first-order chi connectivity index (χ1) is 4.97. The molecule has 1 aliphatic rings. The first-order valence-corrected chi connectivity index (χ1v) is 3.35. The molecule has 0 N–H and O–H groups in total. The van der Waals surface area contributed by atoms with Crippen molar-refractivity contribution in [2.75, 3.05) is 6.61 Å². The summed E-state index contributed by atoms with van der Waals surface area (Å²) in [6, 6.07) is 8.03. The maximum Gasteiger partial charge on any atom is 0.126 e. The third kappa shape index (κ3) is 1.70. The van der Waals surface area contributed by atoms with Gasteiger partial charge in [-0.15, -0.1) is 0 Å². The predicted octanol–water partition coefficient (Wildman–Crippen LogP) is 1.71. The molecule has 1 aromatic carbocycles. The Labute approximate surface area is 79.1 Å². The van der Waals surface area contributed by atoms with Crippen LogP contribution in [0.2, 0.25) is 0 Å². The summed E-state index contributed by atoms with van der Waals surface area (Å²) in [7, 11) is 0. The van der Waals surface area contributed by atoms with Gasteiger partial charge in [-0.2, -0.15) is 0 Å². The average molecular weight is 202 g/mol. The SMILES string of the molecule is C1=Cc2ccccc2OC1.[Ga]. The number of fused-ring (bicyclic) bond motifs is 1. The third-order valence-electron chi connectivity index (χ3n) is 1.55. The molecule has 11 heavy (non-hydrogen) atoms. The van der Waals surface area contributed by atoms with E-state index in [1.165, 1.54) is 5.56 Å². The van der Waals surface area contributed by atoms with E-state index in [0.717, 1.165) is 5.75 Å². The van der Waals surface area contributed by atoms with E-state index in [2.05, 4.69) is 6.08 Å². The van der Waals surface area contributed by atoms with E-state index in [0.29, 0.717) is 6.61 Å². The molecule has 1 aromatic rings. The van der Waals surface area contributed by atoms with E-state index >= 15 is 0 Å². The molecule has 0 aliphatic carbocycles. The van der Waals surface area contributed by atoms with Gasteiger partial charge in [0.2, 0.25) is 0 Å². The Hall–Kier alpha value is -0.604. The van der Waals surface area contributed by atoms with E-state index in [1.807, 2.05) is 30.3 Å². The molecule has 1 heterocycles. The van der Waals surface area contributed by atoms with Crippen molar-refractivity contribution in [3.8, 4) is 5.75 Å². The van der Waals surface area contributed by atoms with Crippen LogP contribution in [0, 0.1) is 0 Å². The van der Waals surface area contributed by atoms with Crippen LogP contribution in [0.5, 0.6) is 5.75 Å². The number of hydrogen-bond acceptors (Lipinski definition) is 1. The molecule has 0 unspecified atom stereocenters. The number of rotatable bonds is 0. The van der Waals surface area contributed by atoms with E-state index in [1.54, 1.807) is 0 Å². The monoisotopic (exact) mass is 201 g/mol. The zero-order valence-electron chi connectivity index (χ0n) is 6.16. The Morgan fingerprint density at radius 2 is 2.00 bits per heavy atom. The van der Waals surface area contributed by atoms with Crippen molar-refractivity contribution >= 4 is 25.9 Å². The van der Waals surface area contributed by atoms with Gasteiger partial charge >= 0.3 is 0 Å². The first kappa shape index (κ1) is 8.49. The van der Waals surface area contributed by atoms with Gasteiger partial charge in [-0.25, -0.2) is 0 Å². The van der Waals surface area contributed by atoms with E-state index in [9.17, 15) is 0 Å². The summed E-state index contributed by atoms with van der Waals surface area (Å²) in [5, 5.41) is 0. The van der Waals surface area contributed by atoms with Crippen LogP contribution >= 0.6 is 0 Å². The Balaban J connectivity index is 0.000000605. The van der Waals surface area contributed by atoms with Gasteiger partial charge in [-0.1, -0.05) is 24.3 Å². The van der Waals surface area contributed by atoms with Crippen LogP contribution in [0.4, 0.5) is 0 Å². The van der Waals surface area contributed by atoms with Gasteiger partial charge in [0.15, 0.2) is 0 Å². The van der Waals surface area contributed by atoms with Gasteiger partial charge in [0, 0.05) is 25.4 Å². The minimum atomic E-state index is 0. The van der Waals surface area contributed by atoms with Crippen molar-refractivity contribution < 1.29 is 4.74 Å². The van der Waals surface area contributed by atoms with Crippen LogP contribution < -0.4 is 4.74 Å². The van der Waals surface area contributed by atoms with E-state index < -0.39 is 0 Å². The molecular formula is C9H8GaO. The molecule has 3 radical (unpaired) electrons. The second-order valence-corrected chi connectivity index (χ2v) is 2.25. The van der Waals surface area contributed by atoms with Gasteiger partial charge in [-0.3, -0.25) is 0 Å². The summed E-state index contributed by atoms with van der Waals surface area (Å²) in [5.41, 5.74) is 1.17. The fourth-order valence-corrected chi connectivity index (χ4v) is 1.06. The summed E-state index contributed by atoms with van der Waals surface area (Å²) in [4.78, 5) is 0. The van der Waals surface area contributed by atoms with Crippen molar-refractivity contribution in [2.24, 2.45) is 0 Å². The molecule has 0 fully saturated rings. The number of para-hydroxylation sites is 1. The predicted molar refractivity (Wildman–Crippen MR) is 46.7 cm³/mol. The maximum atomic E-state index is 5.34. The van der Waals surface area contributed by atoms with E-state index in [-0.39, 0.29) is 19.8 Å². The average Bonchev–Trinajstić information content (AvgIpc) is 2.05. The quantitative estimate of drug-likeness (QED) is 0.581. The standard InChI is InChI=1S/C9H8O.Ga/c1-2-6-9-8(4-1)5-3-7-10-9;/h1-6H,7H2;. The number of hydrogen-bond donors (Lipinski definition) is 0. The maximum absolute atomic E-state index is 5.34. The molecule has 1 aliphatic heterocycles. The van der Waals surface area contributed by atoms with Crippen LogP contribution in [0.3, 0.4) is 0 Å². The Morgan fingerprint density at radius 3 is 2.82 bits per heavy atom. The Kier molecular flexibility index (Phi) is 2.85. The summed E-state index contributed by atoms with van der Waals surface area (Å²) in [5.74, 6) is 0.991. The van der Waals surface area contributed by atoms with Crippen LogP contribution in [0.15, 0.2) is 30.3 Å². The topological polar surface area (TPSA) is 9.23 Å². The van der Waals surface area contributed by atoms with Gasteiger partial charge in [0.25, 0.3) is 0 Å². The summed E-state index contributed by atoms with van der Waals surface area (Å²) < 4.78 is 5.34. The van der Waals surface area contributed by atoms with Crippen LogP contribution in [-0.4, -0.2) is 26.4 Å². The van der Waals surface area contributed by atoms with E-state index in [4.69, 9.17) is 4.74 Å². The smallest absolute Gasteiger partial charge is 0.126 e. The van der Waals surface area contributed by atoms with Gasteiger partial charge < -0.3 is 4.74 Å². The van der Waals surface area contributed by atoms with Gasteiger partial charge in [0.1, 0.15) is 12.4 Å². The zero-order valence-corrected chi connectivity index (χ0v) is 8.58. The van der Waals surface area contributed by atoms with Gasteiger partial charge in [0.05, 0.1) is 0 Å². The number of benzene rings is 1. The molecule has 0 amide bonds. The second kappa shape index (κ2) is 3.69. The van der Waals surface area contributed by atoms with Gasteiger partial charge in [-0.05, 0) is 12.1 Å². The third-order valence-corrected chi connectivity index (χ3v) is 1.55. The molecule has 0 aromatic heterocycles. The summed E-state index contributed by atoms with van der Waals surface area (Å²) >= 11 is 0. The Morgan fingerprint density at radius 1 is 1.18 bits per heavy atom. The summed E-state index contributed by atoms with van der Waals surface area (Å²) in [6.07, 6.45) is 4.10. The van der Waals surface area contributed by atoms with Crippen LogP contribution in [0.1, 0.15) is 5.56 Å². The normalized spacial score (nSPS) is 12.7. The van der Waals surface area contributed by atoms with Crippen LogP contribution in [0.25, 0.3) is 6.08 Å². The molecular weight excluding hydrogens is 194 g/mol. The zero-order chi connectivity index (χ0) is 6.81. The largest absolute Gasteiger partial charge is 0.489 e. The molecule has 0 spiro atoms. The molecule has 0 saturated carbocycles. The number of ether oxygens (including phenoxy) is 1. The fraction of sp³-hybridized carbons (Fsp3) is 0.111. The van der Waals surface area contributed by atoms with Crippen molar-refractivity contribution in [2.45, 2.75) is 0 Å². The molecule has 2 heteroatoms. The van der Waals surface area contributed by atoms with Crippen molar-refractivity contribution in [3.63, 3.8) is 0 Å². The molecule has 1 nitrogen and oxygen atoms in total. The van der Waals surface area contributed by atoms with Crippen molar-refractivity contribution in [3.05, 3.63) is 35.9 Å². The van der Waals surface area contributed by atoms with Crippen molar-refractivity contribution in [1.29, 1.82) is 0 Å². The summed E-state index contributed by atoms with van der Waals surface area (Å²) in [6.45, 7) is 0.705. The van der Waals surface area contributed by atoms with Crippen LogP contribution in [-0.2, 0) is 0 Å². The molecule has 0 atom stereocenters. The molecule has 2 rings (SSSR count). The molecule has 0 bridgehead atoms. The minimum Gasteiger partial charge on any atom is -0.489 e. The Bertz CT molecular complexity index is 268. The fourth-order valence-electron chi connectivity index (χ4n) is 1.06. The molecule has 0 saturated heterocycles. The van der Waals surface area contributed by atoms with Crippen molar-refractivity contribution in [1.82, 2.24) is 0 Å². The first-order valence-electron chi connectivity index (χ1n) is 3.35. The minimum absolute atomic E-state index is 0. The molecule has 53 valence electrons. The second-order valence-electron chi connectivity index (χ2n) is 2.25.